The first-order valence-corrected chi connectivity index (χ1v) is 11.5. The zero-order valence-corrected chi connectivity index (χ0v) is 15.3. The van der Waals surface area contributed by atoms with Crippen LogP contribution in [0, 0.1) is 11.3 Å². The van der Waals surface area contributed by atoms with E-state index in [4.69, 9.17) is 4.43 Å². The zero-order valence-electron chi connectivity index (χ0n) is 13.1. The fraction of sp³-hybridized carbons (Fsp3) is 0.857. The molecule has 3 nitrogen and oxygen atoms in total. The molecule has 0 heterocycles. The van der Waals surface area contributed by atoms with Gasteiger partial charge in [0.05, 0.1) is 11.4 Å². The van der Waals surface area contributed by atoms with E-state index in [0.29, 0.717) is 5.92 Å². The summed E-state index contributed by atoms with van der Waals surface area (Å²) in [5.74, 6) is 1.57. The lowest BCUT2D eigenvalue weighted by Crippen LogP contribution is -2.19. The van der Waals surface area contributed by atoms with E-state index in [1.54, 1.807) is 0 Å². The SMILES string of the molecule is CCC(C1=C(O[SiH](C)C)CC(C(C)(C)C)C1)[PH](=O)O. The van der Waals surface area contributed by atoms with Gasteiger partial charge < -0.3 is 9.32 Å². The molecule has 19 heavy (non-hydrogen) atoms. The standard InChI is InChI=1S/C14H29O3PSi/c1-7-13(18(15)16)11-8-10(14(2,3)4)9-12(11)17-19(5)6/h10,13,18-19H,7-9H2,1-6H3,(H,15,16). The Morgan fingerprint density at radius 3 is 2.37 bits per heavy atom. The van der Waals surface area contributed by atoms with Crippen molar-refractivity contribution in [3.8, 4) is 0 Å². The highest BCUT2D eigenvalue weighted by molar-refractivity contribution is 7.39. The van der Waals surface area contributed by atoms with Crippen LogP contribution in [0.1, 0.15) is 47.0 Å². The summed E-state index contributed by atoms with van der Waals surface area (Å²) >= 11 is 0. The monoisotopic (exact) mass is 304 g/mol. The molecular formula is C14H29O3PSi. The average molecular weight is 304 g/mol. The Hall–Kier alpha value is -0.0531. The van der Waals surface area contributed by atoms with E-state index in [1.807, 2.05) is 6.92 Å². The quantitative estimate of drug-likeness (QED) is 0.618. The molecule has 1 rings (SSSR count). The molecule has 112 valence electrons. The van der Waals surface area contributed by atoms with E-state index >= 15 is 0 Å². The lowest BCUT2D eigenvalue weighted by atomic mass is 9.78. The van der Waals surface area contributed by atoms with Crippen molar-refractivity contribution in [2.24, 2.45) is 11.3 Å². The zero-order chi connectivity index (χ0) is 14.8. The molecular weight excluding hydrogens is 275 g/mol. The van der Waals surface area contributed by atoms with Crippen molar-refractivity contribution in [1.82, 2.24) is 0 Å². The Morgan fingerprint density at radius 1 is 1.42 bits per heavy atom. The third-order valence-corrected chi connectivity index (χ3v) is 6.09. The summed E-state index contributed by atoms with van der Waals surface area (Å²) in [6, 6.07) is 0. The number of rotatable bonds is 5. The van der Waals surface area contributed by atoms with Crippen LogP contribution >= 0.6 is 8.03 Å². The van der Waals surface area contributed by atoms with E-state index in [2.05, 4.69) is 33.9 Å². The second-order valence-corrected chi connectivity index (χ2v) is 10.6. The fourth-order valence-electron chi connectivity index (χ4n) is 2.73. The van der Waals surface area contributed by atoms with Crippen molar-refractivity contribution in [3.63, 3.8) is 0 Å². The Labute approximate surface area is 120 Å². The van der Waals surface area contributed by atoms with Gasteiger partial charge in [-0.1, -0.05) is 27.7 Å². The third-order valence-electron chi connectivity index (χ3n) is 3.99. The first-order chi connectivity index (χ1) is 8.66. The molecule has 0 spiro atoms. The van der Waals surface area contributed by atoms with Gasteiger partial charge in [-0.05, 0) is 42.8 Å². The summed E-state index contributed by atoms with van der Waals surface area (Å²) in [6.45, 7) is 13.0. The maximum atomic E-state index is 11.6. The van der Waals surface area contributed by atoms with Gasteiger partial charge in [0.15, 0.2) is 8.03 Å². The van der Waals surface area contributed by atoms with Crippen LogP contribution in [0.2, 0.25) is 13.1 Å². The molecule has 0 bridgehead atoms. The summed E-state index contributed by atoms with van der Waals surface area (Å²) < 4.78 is 17.7. The van der Waals surface area contributed by atoms with Crippen LogP contribution in [0.15, 0.2) is 11.3 Å². The molecule has 0 saturated heterocycles. The molecule has 1 aliphatic carbocycles. The second kappa shape index (κ2) is 6.60. The van der Waals surface area contributed by atoms with Gasteiger partial charge in [-0.25, -0.2) is 0 Å². The van der Waals surface area contributed by atoms with Gasteiger partial charge in [0.25, 0.3) is 0 Å². The van der Waals surface area contributed by atoms with Crippen molar-refractivity contribution < 1.29 is 13.9 Å². The summed E-state index contributed by atoms with van der Waals surface area (Å²) in [5, 5.41) is 0. The first-order valence-electron chi connectivity index (χ1n) is 7.28. The van der Waals surface area contributed by atoms with Crippen LogP contribution in [-0.2, 0) is 8.99 Å². The highest BCUT2D eigenvalue weighted by Gasteiger charge is 2.37. The second-order valence-electron chi connectivity index (χ2n) is 6.89. The summed E-state index contributed by atoms with van der Waals surface area (Å²) in [7, 11) is -3.67. The maximum absolute atomic E-state index is 11.6. The predicted octanol–water partition coefficient (Wildman–Crippen LogP) is 3.94. The minimum atomic E-state index is -2.52. The molecule has 1 N–H and O–H groups in total. The van der Waals surface area contributed by atoms with Gasteiger partial charge in [-0.2, -0.15) is 0 Å². The molecule has 3 unspecified atom stereocenters. The topological polar surface area (TPSA) is 46.5 Å². The Bertz CT molecular complexity index is 371. The van der Waals surface area contributed by atoms with Gasteiger partial charge >= 0.3 is 0 Å². The minimum absolute atomic E-state index is 0.180. The number of hydrogen-bond donors (Lipinski definition) is 1. The number of hydrogen-bond acceptors (Lipinski definition) is 2. The van der Waals surface area contributed by atoms with Crippen LogP contribution in [-0.4, -0.2) is 19.6 Å². The molecule has 5 heteroatoms. The highest BCUT2D eigenvalue weighted by Crippen LogP contribution is 2.48. The summed E-state index contributed by atoms with van der Waals surface area (Å²) in [6.07, 6.45) is 2.60. The van der Waals surface area contributed by atoms with Crippen LogP contribution in [0.4, 0.5) is 0 Å². The summed E-state index contributed by atoms with van der Waals surface area (Å²) in [5.41, 5.74) is 1.17. The molecule has 0 aromatic heterocycles. The van der Waals surface area contributed by atoms with E-state index in [0.717, 1.165) is 30.6 Å². The van der Waals surface area contributed by atoms with E-state index in [9.17, 15) is 9.46 Å². The molecule has 0 fully saturated rings. The average Bonchev–Trinajstić information content (AvgIpc) is 2.61. The van der Waals surface area contributed by atoms with E-state index in [-0.39, 0.29) is 11.1 Å². The summed E-state index contributed by atoms with van der Waals surface area (Å²) in [4.78, 5) is 9.58. The lowest BCUT2D eigenvalue weighted by molar-refractivity contribution is 0.236. The van der Waals surface area contributed by atoms with Crippen LogP contribution in [0.5, 0.6) is 0 Å². The normalized spacial score (nSPS) is 23.9. The molecule has 0 radical (unpaired) electrons. The predicted molar refractivity (Wildman–Crippen MR) is 84.5 cm³/mol. The molecule has 0 aliphatic heterocycles. The van der Waals surface area contributed by atoms with E-state index < -0.39 is 17.1 Å². The highest BCUT2D eigenvalue weighted by atomic mass is 31.1. The minimum Gasteiger partial charge on any atom is -0.550 e. The third kappa shape index (κ3) is 4.47. The molecule has 3 atom stereocenters. The van der Waals surface area contributed by atoms with Crippen LogP contribution in [0.25, 0.3) is 0 Å². The largest absolute Gasteiger partial charge is 0.550 e. The smallest absolute Gasteiger partial charge is 0.229 e. The van der Waals surface area contributed by atoms with Gasteiger partial charge in [0.2, 0.25) is 9.04 Å². The van der Waals surface area contributed by atoms with Gasteiger partial charge in [0, 0.05) is 6.42 Å². The van der Waals surface area contributed by atoms with Gasteiger partial charge in [-0.3, -0.25) is 4.57 Å². The number of allylic oxidation sites excluding steroid dienone is 2. The maximum Gasteiger partial charge on any atom is 0.229 e. The van der Waals surface area contributed by atoms with Gasteiger partial charge in [0.1, 0.15) is 0 Å². The van der Waals surface area contributed by atoms with E-state index in [1.165, 1.54) is 0 Å². The van der Waals surface area contributed by atoms with Crippen molar-refractivity contribution in [1.29, 1.82) is 0 Å². The fourth-order valence-corrected chi connectivity index (χ4v) is 4.48. The molecule has 1 aliphatic rings. The van der Waals surface area contributed by atoms with Gasteiger partial charge in [-0.15, -0.1) is 0 Å². The Kier molecular flexibility index (Phi) is 5.90. The Morgan fingerprint density at radius 2 is 2.00 bits per heavy atom. The van der Waals surface area contributed by atoms with Crippen molar-refractivity contribution in [3.05, 3.63) is 11.3 Å². The van der Waals surface area contributed by atoms with Crippen LogP contribution < -0.4 is 0 Å². The van der Waals surface area contributed by atoms with Crippen molar-refractivity contribution in [2.45, 2.75) is 65.7 Å². The molecule has 0 saturated carbocycles. The van der Waals surface area contributed by atoms with Crippen molar-refractivity contribution >= 4 is 17.1 Å². The first kappa shape index (κ1) is 17.0. The lowest BCUT2D eigenvalue weighted by Gasteiger charge is -2.27. The molecule has 0 amide bonds. The molecule has 0 aromatic rings. The molecule has 0 aromatic carbocycles. The van der Waals surface area contributed by atoms with Crippen LogP contribution in [0.3, 0.4) is 0 Å². The Balaban J connectivity index is 3.01. The van der Waals surface area contributed by atoms with Crippen molar-refractivity contribution in [2.75, 3.05) is 0 Å².